The van der Waals surface area contributed by atoms with Gasteiger partial charge in [0.05, 0.1) is 19.7 Å². The Morgan fingerprint density at radius 1 is 1.26 bits per heavy atom. The zero-order valence-electron chi connectivity index (χ0n) is 18.7. The maximum absolute atomic E-state index is 12.1. The van der Waals surface area contributed by atoms with Crippen LogP contribution in [0.5, 0.6) is 11.5 Å². The topological polar surface area (TPSA) is 139 Å². The maximum atomic E-state index is 12.1. The molecule has 2 amide bonds. The zero-order chi connectivity index (χ0) is 25.2. The Balaban J connectivity index is 1.55. The third-order valence-corrected chi connectivity index (χ3v) is 6.46. The van der Waals surface area contributed by atoms with Gasteiger partial charge in [0, 0.05) is 16.6 Å². The van der Waals surface area contributed by atoms with Crippen LogP contribution in [0.15, 0.2) is 57.1 Å². The molecule has 0 aromatic heterocycles. The van der Waals surface area contributed by atoms with Crippen LogP contribution in [0.2, 0.25) is 0 Å². The van der Waals surface area contributed by atoms with Crippen LogP contribution in [0.3, 0.4) is 0 Å². The molecule has 3 N–H and O–H groups in total. The van der Waals surface area contributed by atoms with Gasteiger partial charge in [-0.25, -0.2) is 0 Å². The van der Waals surface area contributed by atoms with E-state index in [1.165, 1.54) is 13.3 Å². The molecule has 1 heterocycles. The van der Waals surface area contributed by atoms with Crippen LogP contribution in [0.4, 0.5) is 0 Å². The number of hydrogen-bond donors (Lipinski definition) is 3. The highest BCUT2D eigenvalue weighted by atomic mass is 79.9. The summed E-state index contributed by atoms with van der Waals surface area (Å²) in [5.74, 6) is -0.969. The fourth-order valence-electron chi connectivity index (χ4n) is 3.00. The van der Waals surface area contributed by atoms with Crippen molar-refractivity contribution in [3.8, 4) is 11.5 Å². The number of halogens is 1. The number of rotatable bonds is 11. The number of ether oxygens (including phenoxy) is 2. The molecule has 0 bridgehead atoms. The highest BCUT2D eigenvalue weighted by Crippen LogP contribution is 2.33. The molecular weight excluding hydrogens is 540 g/mol. The standard InChI is InChI=1S/C23H23BrN4O6S/c1-33-17-9-15(12-26-28-23-27-22(32)19(35-23)11-21(30)31)16(24)10-18(17)34-13-20(29)25-8-7-14-5-3-2-4-6-14/h2-6,9-10,12,19H,7-8,11,13H2,1H3,(H,25,29)(H,30,31)(H,27,28,32). The number of amides is 2. The van der Waals surface area contributed by atoms with Gasteiger partial charge >= 0.3 is 5.97 Å². The van der Waals surface area contributed by atoms with E-state index in [1.54, 1.807) is 12.1 Å². The smallest absolute Gasteiger partial charge is 0.305 e. The van der Waals surface area contributed by atoms with Crippen molar-refractivity contribution in [2.45, 2.75) is 18.1 Å². The van der Waals surface area contributed by atoms with Crippen molar-refractivity contribution in [3.63, 3.8) is 0 Å². The minimum Gasteiger partial charge on any atom is -0.493 e. The largest absolute Gasteiger partial charge is 0.493 e. The van der Waals surface area contributed by atoms with Crippen molar-refractivity contribution in [2.75, 3.05) is 20.3 Å². The average molecular weight is 563 g/mol. The summed E-state index contributed by atoms with van der Waals surface area (Å²) < 4.78 is 11.6. The number of nitrogens with one attached hydrogen (secondary N) is 2. The van der Waals surface area contributed by atoms with Gasteiger partial charge in [0.15, 0.2) is 23.3 Å². The highest BCUT2D eigenvalue weighted by molar-refractivity contribution is 9.10. The maximum Gasteiger partial charge on any atom is 0.305 e. The summed E-state index contributed by atoms with van der Waals surface area (Å²) in [5, 5.41) is 21.5. The van der Waals surface area contributed by atoms with Crippen molar-refractivity contribution >= 4 is 56.9 Å². The first-order chi connectivity index (χ1) is 16.9. The third kappa shape index (κ3) is 8.11. The van der Waals surface area contributed by atoms with E-state index in [4.69, 9.17) is 14.6 Å². The first-order valence-corrected chi connectivity index (χ1v) is 12.1. The first kappa shape index (κ1) is 26.2. The summed E-state index contributed by atoms with van der Waals surface area (Å²) in [6.45, 7) is 0.327. The van der Waals surface area contributed by atoms with Gasteiger partial charge in [-0.3, -0.25) is 14.4 Å². The van der Waals surface area contributed by atoms with Crippen molar-refractivity contribution in [2.24, 2.45) is 10.2 Å². The second-order valence-corrected chi connectivity index (χ2v) is 9.29. The second-order valence-electron chi connectivity index (χ2n) is 7.24. The van der Waals surface area contributed by atoms with E-state index in [1.807, 2.05) is 30.3 Å². The number of amidine groups is 1. The fourth-order valence-corrected chi connectivity index (χ4v) is 4.34. The van der Waals surface area contributed by atoms with Crippen molar-refractivity contribution in [3.05, 3.63) is 58.1 Å². The van der Waals surface area contributed by atoms with Gasteiger partial charge in [-0.2, -0.15) is 5.10 Å². The normalized spacial score (nSPS) is 16.3. The zero-order valence-corrected chi connectivity index (χ0v) is 21.1. The number of carboxylic acids is 1. The SMILES string of the molecule is COc1cc(C=NN=C2NC(=O)C(CC(=O)O)S2)c(Br)cc1OCC(=O)NCCc1ccccc1. The lowest BCUT2D eigenvalue weighted by atomic mass is 10.1. The van der Waals surface area contributed by atoms with Crippen LogP contribution in [0.25, 0.3) is 0 Å². The van der Waals surface area contributed by atoms with Crippen LogP contribution >= 0.6 is 27.7 Å². The van der Waals surface area contributed by atoms with Crippen LogP contribution in [-0.4, -0.2) is 59.8 Å². The van der Waals surface area contributed by atoms with E-state index in [0.717, 1.165) is 23.7 Å². The second kappa shape index (κ2) is 12.9. The molecule has 0 radical (unpaired) electrons. The lowest BCUT2D eigenvalue weighted by molar-refractivity contribution is -0.138. The fraction of sp³-hybridized carbons (Fsp3) is 0.261. The molecule has 10 nitrogen and oxygen atoms in total. The monoisotopic (exact) mass is 562 g/mol. The molecule has 1 aliphatic rings. The number of methoxy groups -OCH3 is 1. The molecule has 0 spiro atoms. The molecule has 35 heavy (non-hydrogen) atoms. The van der Waals surface area contributed by atoms with Crippen LogP contribution in [0.1, 0.15) is 17.5 Å². The Morgan fingerprint density at radius 2 is 2.03 bits per heavy atom. The van der Waals surface area contributed by atoms with Crippen molar-refractivity contribution in [1.29, 1.82) is 0 Å². The quantitative estimate of drug-likeness (QED) is 0.282. The van der Waals surface area contributed by atoms with Gasteiger partial charge in [0.25, 0.3) is 5.91 Å². The van der Waals surface area contributed by atoms with E-state index in [-0.39, 0.29) is 24.1 Å². The predicted molar refractivity (Wildman–Crippen MR) is 136 cm³/mol. The van der Waals surface area contributed by atoms with Crippen molar-refractivity contribution in [1.82, 2.24) is 10.6 Å². The Morgan fingerprint density at radius 3 is 2.74 bits per heavy atom. The van der Waals surface area contributed by atoms with E-state index < -0.39 is 17.1 Å². The van der Waals surface area contributed by atoms with Gasteiger partial charge in [-0.05, 0) is 40.0 Å². The Bertz CT molecular complexity index is 1140. The molecule has 0 aliphatic carbocycles. The van der Waals surface area contributed by atoms with Gasteiger partial charge in [0.1, 0.15) is 5.25 Å². The molecule has 3 rings (SSSR count). The number of carboxylic acid groups (broad SMARTS) is 1. The summed E-state index contributed by atoms with van der Waals surface area (Å²) >= 11 is 4.44. The number of aliphatic carboxylic acids is 1. The van der Waals surface area contributed by atoms with E-state index >= 15 is 0 Å². The minimum absolute atomic E-state index is 0.174. The lowest BCUT2D eigenvalue weighted by Gasteiger charge is -2.12. The molecule has 1 unspecified atom stereocenters. The van der Waals surface area contributed by atoms with Gasteiger partial charge < -0.3 is 25.2 Å². The molecular formula is C23H23BrN4O6S. The first-order valence-electron chi connectivity index (χ1n) is 10.5. The summed E-state index contributed by atoms with van der Waals surface area (Å²) in [4.78, 5) is 34.7. The summed E-state index contributed by atoms with van der Waals surface area (Å²) in [7, 11) is 1.48. The van der Waals surface area contributed by atoms with Gasteiger partial charge in [-0.15, -0.1) is 5.10 Å². The Labute approximate surface area is 214 Å². The lowest BCUT2D eigenvalue weighted by Crippen LogP contribution is -2.30. The molecule has 1 saturated heterocycles. The number of nitrogens with zero attached hydrogens (tertiary/aromatic N) is 2. The molecule has 1 aliphatic heterocycles. The predicted octanol–water partition coefficient (Wildman–Crippen LogP) is 2.59. The van der Waals surface area contributed by atoms with Gasteiger partial charge in [-0.1, -0.05) is 42.1 Å². The molecule has 184 valence electrons. The van der Waals surface area contributed by atoms with E-state index in [9.17, 15) is 14.4 Å². The molecule has 2 aromatic rings. The van der Waals surface area contributed by atoms with Crippen LogP contribution < -0.4 is 20.1 Å². The number of hydrogen-bond acceptors (Lipinski definition) is 8. The number of carbonyl (C=O) groups is 3. The average Bonchev–Trinajstić information content (AvgIpc) is 3.17. The number of carbonyl (C=O) groups excluding carboxylic acids is 2. The molecule has 1 atom stereocenters. The van der Waals surface area contributed by atoms with Gasteiger partial charge in [0.2, 0.25) is 5.91 Å². The highest BCUT2D eigenvalue weighted by Gasteiger charge is 2.32. The Kier molecular flexibility index (Phi) is 9.67. The molecule has 2 aromatic carbocycles. The minimum atomic E-state index is -1.06. The van der Waals surface area contributed by atoms with E-state index in [0.29, 0.717) is 28.1 Å². The summed E-state index contributed by atoms with van der Waals surface area (Å²) in [6.07, 6.45) is 1.87. The number of thioether (sulfide) groups is 1. The van der Waals surface area contributed by atoms with E-state index in [2.05, 4.69) is 36.8 Å². The molecule has 1 fully saturated rings. The van der Waals surface area contributed by atoms with Crippen LogP contribution in [-0.2, 0) is 20.8 Å². The Hall–Kier alpha value is -3.38. The van der Waals surface area contributed by atoms with Crippen LogP contribution in [0, 0.1) is 0 Å². The summed E-state index contributed by atoms with van der Waals surface area (Å²) in [5.41, 5.74) is 1.75. The third-order valence-electron chi connectivity index (χ3n) is 4.70. The molecule has 0 saturated carbocycles. The number of benzene rings is 2. The molecule has 12 heteroatoms. The van der Waals surface area contributed by atoms with Crippen molar-refractivity contribution < 1.29 is 29.0 Å². The summed E-state index contributed by atoms with van der Waals surface area (Å²) in [6, 6.07) is 13.2.